The van der Waals surface area contributed by atoms with E-state index in [4.69, 9.17) is 0 Å². The van der Waals surface area contributed by atoms with Crippen molar-refractivity contribution in [3.05, 3.63) is 0 Å². The molecule has 2 heteroatoms. The smallest absolute Gasteiger partial charge is 0.0587 e. The summed E-state index contributed by atoms with van der Waals surface area (Å²) in [7, 11) is 0. The second-order valence-corrected chi connectivity index (χ2v) is 6.14. The van der Waals surface area contributed by atoms with Gasteiger partial charge in [-0.05, 0) is 37.0 Å². The van der Waals surface area contributed by atoms with Crippen molar-refractivity contribution in [2.45, 2.75) is 65.5 Å². The van der Waals surface area contributed by atoms with Crippen LogP contribution in [0.15, 0.2) is 0 Å². The van der Waals surface area contributed by atoms with Gasteiger partial charge in [-0.1, -0.05) is 27.7 Å². The molecule has 0 bridgehead atoms. The molecule has 0 amide bonds. The zero-order valence-electron chi connectivity index (χ0n) is 10.7. The summed E-state index contributed by atoms with van der Waals surface area (Å²) >= 11 is 0. The number of aliphatic hydroxyl groups excluding tert-OH is 1. The minimum absolute atomic E-state index is 0.261. The summed E-state index contributed by atoms with van der Waals surface area (Å²) in [5.41, 5.74) is 0.532. The average Bonchev–Trinajstić information content (AvgIpc) is 2.15. The Bertz CT molecular complexity index is 179. The first-order valence-electron chi connectivity index (χ1n) is 6.31. The van der Waals surface area contributed by atoms with Crippen molar-refractivity contribution in [3.8, 4) is 0 Å². The molecule has 1 fully saturated rings. The first-order chi connectivity index (χ1) is 6.94. The van der Waals surface area contributed by atoms with E-state index >= 15 is 0 Å². The van der Waals surface area contributed by atoms with E-state index in [1.54, 1.807) is 0 Å². The fraction of sp³-hybridized carbons (Fsp3) is 1.00. The summed E-state index contributed by atoms with van der Waals surface area (Å²) in [6.07, 6.45) is 5.13. The van der Waals surface area contributed by atoms with E-state index in [1.807, 2.05) is 0 Å². The van der Waals surface area contributed by atoms with Gasteiger partial charge < -0.3 is 10.4 Å². The van der Waals surface area contributed by atoms with Crippen molar-refractivity contribution < 1.29 is 5.11 Å². The molecule has 1 rings (SSSR count). The number of nitrogens with one attached hydrogen (secondary N) is 1. The summed E-state index contributed by atoms with van der Waals surface area (Å²) < 4.78 is 0. The van der Waals surface area contributed by atoms with Crippen LogP contribution < -0.4 is 5.32 Å². The van der Waals surface area contributed by atoms with E-state index < -0.39 is 0 Å². The Balaban J connectivity index is 2.34. The van der Waals surface area contributed by atoms with E-state index in [-0.39, 0.29) is 12.6 Å². The second kappa shape index (κ2) is 5.31. The predicted molar refractivity (Wildman–Crippen MR) is 64.9 cm³/mol. The molecule has 0 radical (unpaired) electrons. The van der Waals surface area contributed by atoms with Crippen LogP contribution in [0, 0.1) is 11.3 Å². The van der Waals surface area contributed by atoms with Gasteiger partial charge in [0.1, 0.15) is 0 Å². The van der Waals surface area contributed by atoms with Gasteiger partial charge >= 0.3 is 0 Å². The Morgan fingerprint density at radius 1 is 1.27 bits per heavy atom. The van der Waals surface area contributed by atoms with Crippen LogP contribution in [-0.2, 0) is 0 Å². The molecule has 1 aliphatic rings. The highest BCUT2D eigenvalue weighted by atomic mass is 16.3. The fourth-order valence-electron chi connectivity index (χ4n) is 2.32. The van der Waals surface area contributed by atoms with Gasteiger partial charge in [-0.3, -0.25) is 0 Å². The maximum atomic E-state index is 9.27. The van der Waals surface area contributed by atoms with Gasteiger partial charge in [0.15, 0.2) is 0 Å². The maximum absolute atomic E-state index is 9.27. The van der Waals surface area contributed by atoms with Crippen LogP contribution in [0.2, 0.25) is 0 Å². The number of hydrogen-bond donors (Lipinski definition) is 2. The zero-order valence-corrected chi connectivity index (χ0v) is 10.7. The van der Waals surface area contributed by atoms with Crippen LogP contribution in [0.3, 0.4) is 0 Å². The van der Waals surface area contributed by atoms with E-state index in [2.05, 4.69) is 33.0 Å². The Morgan fingerprint density at radius 2 is 1.80 bits per heavy atom. The van der Waals surface area contributed by atoms with Crippen LogP contribution in [0.1, 0.15) is 53.4 Å². The summed E-state index contributed by atoms with van der Waals surface area (Å²) in [6, 6.07) is 0.897. The molecule has 1 atom stereocenters. The van der Waals surface area contributed by atoms with Crippen LogP contribution >= 0.6 is 0 Å². The Kier molecular flexibility index (Phi) is 4.60. The number of aliphatic hydroxyl groups is 1. The normalized spacial score (nSPS) is 24.4. The molecule has 0 aliphatic heterocycles. The molecule has 0 aromatic heterocycles. The van der Waals surface area contributed by atoms with Crippen LogP contribution in [0.5, 0.6) is 0 Å². The largest absolute Gasteiger partial charge is 0.395 e. The predicted octanol–water partition coefficient (Wildman–Crippen LogP) is 2.56. The number of hydrogen-bond acceptors (Lipinski definition) is 2. The van der Waals surface area contributed by atoms with Gasteiger partial charge in [-0.2, -0.15) is 0 Å². The molecular weight excluding hydrogens is 186 g/mol. The van der Waals surface area contributed by atoms with E-state index in [0.717, 1.165) is 0 Å². The van der Waals surface area contributed by atoms with Crippen molar-refractivity contribution in [1.29, 1.82) is 0 Å². The van der Waals surface area contributed by atoms with Gasteiger partial charge in [0.05, 0.1) is 6.61 Å². The SMILES string of the molecule is CC(C)[C@@H](CO)NC1CCC(C)(C)CC1. The first kappa shape index (κ1) is 13.0. The number of rotatable bonds is 4. The summed E-state index contributed by atoms with van der Waals surface area (Å²) in [4.78, 5) is 0. The Labute approximate surface area is 94.5 Å². The molecule has 2 N–H and O–H groups in total. The fourth-order valence-corrected chi connectivity index (χ4v) is 2.32. The molecule has 1 saturated carbocycles. The summed E-state index contributed by atoms with van der Waals surface area (Å²) in [6.45, 7) is 9.31. The molecular formula is C13H27NO. The molecule has 0 saturated heterocycles. The van der Waals surface area contributed by atoms with Gasteiger partial charge in [0.2, 0.25) is 0 Å². The van der Waals surface area contributed by atoms with Crippen LogP contribution in [0.25, 0.3) is 0 Å². The lowest BCUT2D eigenvalue weighted by molar-refractivity contribution is 0.157. The highest BCUT2D eigenvalue weighted by Gasteiger charge is 2.28. The van der Waals surface area contributed by atoms with Gasteiger partial charge in [-0.15, -0.1) is 0 Å². The Hall–Kier alpha value is -0.0800. The van der Waals surface area contributed by atoms with Crippen molar-refractivity contribution in [2.75, 3.05) is 6.61 Å². The van der Waals surface area contributed by atoms with Crippen molar-refractivity contribution in [2.24, 2.45) is 11.3 Å². The van der Waals surface area contributed by atoms with Gasteiger partial charge in [-0.25, -0.2) is 0 Å². The lowest BCUT2D eigenvalue weighted by Gasteiger charge is -2.37. The quantitative estimate of drug-likeness (QED) is 0.752. The molecule has 0 aromatic rings. The second-order valence-electron chi connectivity index (χ2n) is 6.14. The van der Waals surface area contributed by atoms with Crippen molar-refractivity contribution >= 4 is 0 Å². The molecule has 0 aromatic carbocycles. The highest BCUT2D eigenvalue weighted by Crippen LogP contribution is 2.35. The molecule has 0 spiro atoms. The maximum Gasteiger partial charge on any atom is 0.0587 e. The zero-order chi connectivity index (χ0) is 11.5. The average molecular weight is 213 g/mol. The monoisotopic (exact) mass is 213 g/mol. The van der Waals surface area contributed by atoms with Crippen molar-refractivity contribution in [3.63, 3.8) is 0 Å². The molecule has 1 aliphatic carbocycles. The third kappa shape index (κ3) is 4.12. The van der Waals surface area contributed by atoms with Crippen LogP contribution in [-0.4, -0.2) is 23.8 Å². The molecule has 15 heavy (non-hydrogen) atoms. The van der Waals surface area contributed by atoms with Crippen LogP contribution in [0.4, 0.5) is 0 Å². The first-order valence-corrected chi connectivity index (χ1v) is 6.31. The lowest BCUT2D eigenvalue weighted by Crippen LogP contribution is -2.45. The molecule has 90 valence electrons. The third-order valence-corrected chi connectivity index (χ3v) is 3.79. The van der Waals surface area contributed by atoms with E-state index in [1.165, 1.54) is 25.7 Å². The third-order valence-electron chi connectivity index (χ3n) is 3.79. The standard InChI is InChI=1S/C13H27NO/c1-10(2)12(9-15)14-11-5-7-13(3,4)8-6-11/h10-12,14-15H,5-9H2,1-4H3/t12-/m1/s1. The van der Waals surface area contributed by atoms with E-state index in [0.29, 0.717) is 17.4 Å². The highest BCUT2D eigenvalue weighted by molar-refractivity contribution is 4.84. The van der Waals surface area contributed by atoms with Gasteiger partial charge in [0, 0.05) is 12.1 Å². The van der Waals surface area contributed by atoms with Crippen molar-refractivity contribution in [1.82, 2.24) is 5.32 Å². The van der Waals surface area contributed by atoms with Gasteiger partial charge in [0.25, 0.3) is 0 Å². The molecule has 0 heterocycles. The molecule has 0 unspecified atom stereocenters. The summed E-state index contributed by atoms with van der Waals surface area (Å²) in [5.74, 6) is 0.518. The minimum atomic E-state index is 0.261. The lowest BCUT2D eigenvalue weighted by atomic mass is 9.75. The van der Waals surface area contributed by atoms with E-state index in [9.17, 15) is 5.11 Å². The molecule has 2 nitrogen and oxygen atoms in total. The summed E-state index contributed by atoms with van der Waals surface area (Å²) in [5, 5.41) is 12.9. The minimum Gasteiger partial charge on any atom is -0.395 e. The topological polar surface area (TPSA) is 32.3 Å². The Morgan fingerprint density at radius 3 is 2.20 bits per heavy atom.